The van der Waals surface area contributed by atoms with Gasteiger partial charge in [-0.05, 0) is 29.8 Å². The number of rotatable bonds is 6. The fourth-order valence-electron chi connectivity index (χ4n) is 1.98. The van der Waals surface area contributed by atoms with E-state index in [4.69, 9.17) is 27.9 Å². The number of halogens is 2. The van der Waals surface area contributed by atoms with Crippen molar-refractivity contribution in [3.8, 4) is 5.75 Å². The molecule has 0 heterocycles. The summed E-state index contributed by atoms with van der Waals surface area (Å²) in [6.45, 7) is 0.111. The minimum Gasteiger partial charge on any atom is -0.483 e. The van der Waals surface area contributed by atoms with Gasteiger partial charge in [0.15, 0.2) is 6.61 Å². The Bertz CT molecular complexity index is 779. The third kappa shape index (κ3) is 5.37. The van der Waals surface area contributed by atoms with E-state index in [2.05, 4.69) is 5.32 Å². The van der Waals surface area contributed by atoms with Crippen LogP contribution in [0.25, 0.3) is 0 Å². The Morgan fingerprint density at radius 3 is 2.52 bits per heavy atom. The maximum atomic E-state index is 12.4. The Morgan fingerprint density at radius 2 is 1.84 bits per heavy atom. The highest BCUT2D eigenvalue weighted by atomic mass is 35.5. The van der Waals surface area contributed by atoms with Gasteiger partial charge in [-0.15, -0.1) is 0 Å². The van der Waals surface area contributed by atoms with Crippen LogP contribution in [0.1, 0.15) is 15.9 Å². The highest BCUT2D eigenvalue weighted by Gasteiger charge is 2.14. The van der Waals surface area contributed by atoms with Crippen LogP contribution in [0.2, 0.25) is 10.0 Å². The second kappa shape index (κ2) is 8.74. The highest BCUT2D eigenvalue weighted by molar-refractivity contribution is 6.35. The first kappa shape index (κ1) is 19.1. The minimum atomic E-state index is -0.320. The van der Waals surface area contributed by atoms with Gasteiger partial charge in [-0.2, -0.15) is 0 Å². The van der Waals surface area contributed by atoms with Gasteiger partial charge in [0.25, 0.3) is 11.8 Å². The maximum Gasteiger partial charge on any atom is 0.259 e. The second-order valence-electron chi connectivity index (χ2n) is 5.49. The first-order chi connectivity index (χ1) is 11.9. The molecule has 0 radical (unpaired) electrons. The molecule has 2 rings (SSSR count). The van der Waals surface area contributed by atoms with Crippen molar-refractivity contribution in [1.29, 1.82) is 0 Å². The lowest BCUT2D eigenvalue weighted by molar-refractivity contribution is -0.130. The molecule has 0 aromatic heterocycles. The molecule has 25 heavy (non-hydrogen) atoms. The molecular formula is C18H18Cl2N2O3. The van der Waals surface area contributed by atoms with Crippen LogP contribution in [0.15, 0.2) is 42.5 Å². The predicted molar refractivity (Wildman–Crippen MR) is 98.3 cm³/mol. The van der Waals surface area contributed by atoms with Crippen molar-refractivity contribution in [1.82, 2.24) is 10.2 Å². The van der Waals surface area contributed by atoms with Gasteiger partial charge in [0.1, 0.15) is 5.75 Å². The Hall–Kier alpha value is -2.24. The van der Waals surface area contributed by atoms with Crippen molar-refractivity contribution >= 4 is 35.0 Å². The van der Waals surface area contributed by atoms with Gasteiger partial charge in [-0.1, -0.05) is 41.4 Å². The number of nitrogens with one attached hydrogen (secondary N) is 1. The molecule has 2 aromatic carbocycles. The van der Waals surface area contributed by atoms with Crippen LogP contribution in [-0.2, 0) is 11.3 Å². The number of carbonyl (C=O) groups is 2. The number of amides is 2. The lowest BCUT2D eigenvalue weighted by atomic mass is 10.1. The smallest absolute Gasteiger partial charge is 0.259 e. The quantitative estimate of drug-likeness (QED) is 0.835. The Labute approximate surface area is 156 Å². The zero-order valence-corrected chi connectivity index (χ0v) is 15.4. The van der Waals surface area contributed by atoms with Crippen molar-refractivity contribution in [2.24, 2.45) is 0 Å². The van der Waals surface area contributed by atoms with Gasteiger partial charge in [0.05, 0.1) is 5.56 Å². The zero-order valence-electron chi connectivity index (χ0n) is 13.9. The van der Waals surface area contributed by atoms with Crippen LogP contribution in [0.4, 0.5) is 0 Å². The second-order valence-corrected chi connectivity index (χ2v) is 6.34. The average Bonchev–Trinajstić information content (AvgIpc) is 2.58. The summed E-state index contributed by atoms with van der Waals surface area (Å²) in [4.78, 5) is 25.5. The fourth-order valence-corrected chi connectivity index (χ4v) is 2.46. The Balaban J connectivity index is 2.05. The normalized spacial score (nSPS) is 10.2. The number of carbonyl (C=O) groups excluding carboxylic acids is 2. The minimum absolute atomic E-state index is 0.139. The van der Waals surface area contributed by atoms with Crippen molar-refractivity contribution in [2.75, 3.05) is 20.7 Å². The molecule has 1 N–H and O–H groups in total. The molecule has 0 spiro atoms. The van der Waals surface area contributed by atoms with Gasteiger partial charge < -0.3 is 15.0 Å². The third-order valence-corrected chi connectivity index (χ3v) is 4.02. The maximum absolute atomic E-state index is 12.4. The van der Waals surface area contributed by atoms with Crippen molar-refractivity contribution in [3.63, 3.8) is 0 Å². The number of para-hydroxylation sites is 1. The lowest BCUT2D eigenvalue weighted by Crippen LogP contribution is -2.28. The van der Waals surface area contributed by atoms with Gasteiger partial charge in [0, 0.05) is 30.7 Å². The van der Waals surface area contributed by atoms with Crippen LogP contribution in [0.3, 0.4) is 0 Å². The summed E-state index contributed by atoms with van der Waals surface area (Å²) in [5.74, 6) is -0.167. The summed E-state index contributed by atoms with van der Waals surface area (Å²) in [6, 6.07) is 11.8. The van der Waals surface area contributed by atoms with Crippen molar-refractivity contribution in [3.05, 3.63) is 63.6 Å². The van der Waals surface area contributed by atoms with E-state index in [0.29, 0.717) is 21.4 Å². The van der Waals surface area contributed by atoms with Gasteiger partial charge in [0.2, 0.25) is 0 Å². The van der Waals surface area contributed by atoms with E-state index in [1.807, 2.05) is 0 Å². The summed E-state index contributed by atoms with van der Waals surface area (Å²) < 4.78 is 5.48. The standard InChI is InChI=1S/C18H18Cl2N2O3/c1-22(2)17(23)11-25-16-6-4-3-5-14(16)18(24)21-10-12-7-8-13(19)9-15(12)20/h3-9H,10-11H2,1-2H3,(H,21,24). The average molecular weight is 381 g/mol. The summed E-state index contributed by atoms with van der Waals surface area (Å²) in [5.41, 5.74) is 1.10. The van der Waals surface area contributed by atoms with E-state index in [0.717, 1.165) is 5.56 Å². The molecule has 132 valence electrons. The molecule has 0 bridgehead atoms. The summed E-state index contributed by atoms with van der Waals surface area (Å²) >= 11 is 12.0. The van der Waals surface area contributed by atoms with Crippen LogP contribution < -0.4 is 10.1 Å². The first-order valence-electron chi connectivity index (χ1n) is 7.52. The van der Waals surface area contributed by atoms with Gasteiger partial charge in [-0.3, -0.25) is 9.59 Å². The van der Waals surface area contributed by atoms with Gasteiger partial charge >= 0.3 is 0 Å². The zero-order chi connectivity index (χ0) is 18.4. The van der Waals surface area contributed by atoms with Crippen molar-refractivity contribution < 1.29 is 14.3 Å². The van der Waals surface area contributed by atoms with E-state index in [9.17, 15) is 9.59 Å². The topological polar surface area (TPSA) is 58.6 Å². The number of nitrogens with zero attached hydrogens (tertiary/aromatic N) is 1. The van der Waals surface area contributed by atoms with E-state index in [1.165, 1.54) is 4.90 Å². The number of likely N-dealkylation sites (N-methyl/N-ethyl adjacent to an activating group) is 1. The molecule has 0 saturated carbocycles. The molecule has 5 nitrogen and oxygen atoms in total. The van der Waals surface area contributed by atoms with Gasteiger partial charge in [-0.25, -0.2) is 0 Å². The number of benzene rings is 2. The molecule has 0 aliphatic heterocycles. The fraction of sp³-hybridized carbons (Fsp3) is 0.222. The Morgan fingerprint density at radius 1 is 1.12 bits per heavy atom. The summed E-state index contributed by atoms with van der Waals surface area (Å²) in [6.07, 6.45) is 0. The Kier molecular flexibility index (Phi) is 6.67. The lowest BCUT2D eigenvalue weighted by Gasteiger charge is -2.14. The molecule has 0 fully saturated rings. The molecule has 2 amide bonds. The molecule has 0 atom stereocenters. The number of hydrogen-bond donors (Lipinski definition) is 1. The monoisotopic (exact) mass is 380 g/mol. The highest BCUT2D eigenvalue weighted by Crippen LogP contribution is 2.22. The molecule has 0 aliphatic rings. The largest absolute Gasteiger partial charge is 0.483 e. The predicted octanol–water partition coefficient (Wildman–Crippen LogP) is 3.39. The third-order valence-electron chi connectivity index (χ3n) is 3.44. The molecule has 2 aromatic rings. The van der Waals surface area contributed by atoms with E-state index in [1.54, 1.807) is 56.6 Å². The summed E-state index contributed by atoms with van der Waals surface area (Å²) in [7, 11) is 3.28. The van der Waals surface area contributed by atoms with Crippen molar-refractivity contribution in [2.45, 2.75) is 6.54 Å². The first-order valence-corrected chi connectivity index (χ1v) is 8.28. The molecule has 0 aliphatic carbocycles. The van der Waals surface area contributed by atoms with E-state index >= 15 is 0 Å². The molecule has 0 saturated heterocycles. The molecule has 0 unspecified atom stereocenters. The van der Waals surface area contributed by atoms with Crippen LogP contribution in [0.5, 0.6) is 5.75 Å². The SMILES string of the molecule is CN(C)C(=O)COc1ccccc1C(=O)NCc1ccc(Cl)cc1Cl. The summed E-state index contributed by atoms with van der Waals surface area (Å²) in [5, 5.41) is 3.80. The van der Waals surface area contributed by atoms with Crippen LogP contribution in [-0.4, -0.2) is 37.4 Å². The van der Waals surface area contributed by atoms with E-state index in [-0.39, 0.29) is 25.0 Å². The van der Waals surface area contributed by atoms with E-state index < -0.39 is 0 Å². The van der Waals surface area contributed by atoms with Crippen LogP contribution >= 0.6 is 23.2 Å². The number of ether oxygens (including phenoxy) is 1. The molecule has 7 heteroatoms. The molecular weight excluding hydrogens is 363 g/mol. The van der Waals surface area contributed by atoms with Crippen LogP contribution in [0, 0.1) is 0 Å². The number of hydrogen-bond acceptors (Lipinski definition) is 3.